The summed E-state index contributed by atoms with van der Waals surface area (Å²) in [5, 5.41) is 0. The Labute approximate surface area is 92.4 Å². The summed E-state index contributed by atoms with van der Waals surface area (Å²) in [6.07, 6.45) is -4.36. The second-order valence-corrected chi connectivity index (χ2v) is 5.58. The van der Waals surface area contributed by atoms with Crippen molar-refractivity contribution in [3.8, 4) is 0 Å². The Kier molecular flexibility index (Phi) is 4.57. The second-order valence-electron chi connectivity index (χ2n) is 3.60. The van der Waals surface area contributed by atoms with Gasteiger partial charge < -0.3 is 0 Å². The fourth-order valence-corrected chi connectivity index (χ4v) is 2.71. The monoisotopic (exact) mass is 261 g/mol. The van der Waals surface area contributed by atoms with Crippen LogP contribution in [0.25, 0.3) is 0 Å². The molecule has 1 aliphatic heterocycles. The van der Waals surface area contributed by atoms with Crippen LogP contribution >= 0.6 is 0 Å². The van der Waals surface area contributed by atoms with Gasteiger partial charge in [-0.25, -0.2) is 8.42 Å². The molecule has 0 aromatic carbocycles. The van der Waals surface area contributed by atoms with Crippen LogP contribution in [-0.2, 0) is 14.9 Å². The lowest BCUT2D eigenvalue weighted by Crippen LogP contribution is -2.37. The highest BCUT2D eigenvalue weighted by Gasteiger charge is 2.30. The zero-order chi connectivity index (χ0) is 12.2. The van der Waals surface area contributed by atoms with E-state index in [1.807, 2.05) is 0 Å². The molecule has 1 heterocycles. The Bertz CT molecular complexity index is 309. The average Bonchev–Trinajstić information content (AvgIpc) is 2.17. The highest BCUT2D eigenvalue weighted by molar-refractivity contribution is 7.88. The minimum Gasteiger partial charge on any atom is -0.284 e. The Morgan fingerprint density at radius 1 is 1.25 bits per heavy atom. The lowest BCUT2D eigenvalue weighted by Gasteiger charge is -2.25. The molecule has 0 spiro atoms. The first-order chi connectivity index (χ1) is 7.31. The van der Waals surface area contributed by atoms with E-state index in [4.69, 9.17) is 4.84 Å². The average molecular weight is 261 g/mol. The van der Waals surface area contributed by atoms with Crippen molar-refractivity contribution in [2.75, 3.05) is 18.9 Å². The van der Waals surface area contributed by atoms with Gasteiger partial charge in [-0.15, -0.1) is 0 Å². The van der Waals surface area contributed by atoms with Gasteiger partial charge >= 0.3 is 6.18 Å². The molecule has 0 unspecified atom stereocenters. The van der Waals surface area contributed by atoms with Gasteiger partial charge in [-0.2, -0.15) is 13.2 Å². The van der Waals surface area contributed by atoms with Crippen LogP contribution in [0.1, 0.15) is 25.7 Å². The van der Waals surface area contributed by atoms with Gasteiger partial charge in [-0.1, -0.05) is 4.47 Å². The van der Waals surface area contributed by atoms with Crippen molar-refractivity contribution in [2.24, 2.45) is 0 Å². The van der Waals surface area contributed by atoms with Crippen molar-refractivity contribution in [1.29, 1.82) is 0 Å². The van der Waals surface area contributed by atoms with Crippen molar-refractivity contribution in [3.63, 3.8) is 0 Å². The zero-order valence-corrected chi connectivity index (χ0v) is 9.48. The van der Waals surface area contributed by atoms with E-state index in [1.165, 1.54) is 0 Å². The molecule has 0 radical (unpaired) electrons. The fourth-order valence-electron chi connectivity index (χ4n) is 1.35. The van der Waals surface area contributed by atoms with Gasteiger partial charge in [-0.05, 0) is 19.3 Å². The molecule has 0 aliphatic carbocycles. The molecule has 16 heavy (non-hydrogen) atoms. The highest BCUT2D eigenvalue weighted by atomic mass is 32.2. The maximum absolute atomic E-state index is 11.8. The number of hydroxylamine groups is 1. The molecule has 0 bridgehead atoms. The number of nitrogens with zero attached hydrogens (tertiary/aromatic N) is 1. The number of halogens is 3. The Morgan fingerprint density at radius 3 is 2.44 bits per heavy atom. The van der Waals surface area contributed by atoms with Crippen molar-refractivity contribution in [1.82, 2.24) is 4.47 Å². The van der Waals surface area contributed by atoms with Crippen LogP contribution in [0, 0.1) is 0 Å². The second kappa shape index (κ2) is 5.33. The van der Waals surface area contributed by atoms with Gasteiger partial charge in [0.05, 0.1) is 12.4 Å². The van der Waals surface area contributed by atoms with Gasteiger partial charge in [0.25, 0.3) is 0 Å². The van der Waals surface area contributed by atoms with Crippen LogP contribution in [-0.4, -0.2) is 38.0 Å². The lowest BCUT2D eigenvalue weighted by atomic mass is 10.3. The SMILES string of the molecule is O=S(=O)(CCCC(F)(F)F)N1CCCCO1. The van der Waals surface area contributed by atoms with E-state index in [0.717, 1.165) is 10.9 Å². The van der Waals surface area contributed by atoms with Crippen LogP contribution < -0.4 is 0 Å². The summed E-state index contributed by atoms with van der Waals surface area (Å²) in [4.78, 5) is 4.89. The molecule has 1 rings (SSSR count). The number of rotatable bonds is 4. The van der Waals surface area contributed by atoms with Gasteiger partial charge in [0, 0.05) is 13.0 Å². The smallest absolute Gasteiger partial charge is 0.284 e. The third-order valence-corrected chi connectivity index (χ3v) is 3.86. The summed E-state index contributed by atoms with van der Waals surface area (Å²) in [5.41, 5.74) is 0. The first-order valence-electron chi connectivity index (χ1n) is 5.01. The summed E-state index contributed by atoms with van der Waals surface area (Å²) < 4.78 is 59.3. The van der Waals surface area contributed by atoms with Crippen LogP contribution in [0.2, 0.25) is 0 Å². The summed E-state index contributed by atoms with van der Waals surface area (Å²) in [6.45, 7) is 0.535. The molecule has 4 nitrogen and oxygen atoms in total. The quantitative estimate of drug-likeness (QED) is 0.773. The van der Waals surface area contributed by atoms with Crippen molar-refractivity contribution in [3.05, 3.63) is 0 Å². The predicted octanol–water partition coefficient (Wildman–Crippen LogP) is 1.69. The lowest BCUT2D eigenvalue weighted by molar-refractivity contribution is -0.134. The topological polar surface area (TPSA) is 46.6 Å². The third-order valence-electron chi connectivity index (χ3n) is 2.14. The first-order valence-corrected chi connectivity index (χ1v) is 6.62. The number of sulfonamides is 1. The molecule has 1 aliphatic rings. The van der Waals surface area contributed by atoms with Gasteiger partial charge in [0.2, 0.25) is 10.0 Å². The minimum atomic E-state index is -4.31. The third kappa shape index (κ3) is 4.67. The molecule has 0 aromatic heterocycles. The van der Waals surface area contributed by atoms with Crippen LogP contribution in [0.3, 0.4) is 0 Å². The maximum Gasteiger partial charge on any atom is 0.389 e. The van der Waals surface area contributed by atoms with Crippen molar-refractivity contribution >= 4 is 10.0 Å². The van der Waals surface area contributed by atoms with E-state index >= 15 is 0 Å². The van der Waals surface area contributed by atoms with Crippen molar-refractivity contribution < 1.29 is 26.4 Å². The zero-order valence-electron chi connectivity index (χ0n) is 8.66. The Balaban J connectivity index is 2.39. The molecule has 8 heteroatoms. The molecule has 1 saturated heterocycles. The Hall–Kier alpha value is -0.340. The van der Waals surface area contributed by atoms with E-state index in [1.54, 1.807) is 0 Å². The molecule has 0 amide bonds. The molecular weight excluding hydrogens is 247 g/mol. The molecule has 0 N–H and O–H groups in total. The van der Waals surface area contributed by atoms with Crippen molar-refractivity contribution in [2.45, 2.75) is 31.9 Å². The predicted molar refractivity (Wildman–Crippen MR) is 51.0 cm³/mol. The van der Waals surface area contributed by atoms with E-state index in [2.05, 4.69) is 0 Å². The van der Waals surface area contributed by atoms with E-state index in [0.29, 0.717) is 13.0 Å². The highest BCUT2D eigenvalue weighted by Crippen LogP contribution is 2.22. The molecule has 0 aromatic rings. The molecule has 96 valence electrons. The summed E-state index contributed by atoms with van der Waals surface area (Å²) in [5.74, 6) is -0.521. The summed E-state index contributed by atoms with van der Waals surface area (Å²) in [7, 11) is -3.69. The standard InChI is InChI=1S/C8H14F3NO3S/c9-8(10,11)4-3-7-16(13,14)12-5-1-2-6-15-12/h1-7H2. The van der Waals surface area contributed by atoms with Gasteiger partial charge in [0.1, 0.15) is 0 Å². The molecule has 0 atom stereocenters. The first kappa shape index (κ1) is 13.7. The molecule has 1 fully saturated rings. The molecular formula is C8H14F3NO3S. The molecule has 0 saturated carbocycles. The van der Waals surface area contributed by atoms with E-state index < -0.39 is 34.8 Å². The number of hydrogen-bond donors (Lipinski definition) is 0. The van der Waals surface area contributed by atoms with Crippen LogP contribution in [0.15, 0.2) is 0 Å². The number of hydrogen-bond acceptors (Lipinski definition) is 3. The van der Waals surface area contributed by atoms with Gasteiger partial charge in [-0.3, -0.25) is 4.84 Å². The fraction of sp³-hybridized carbons (Fsp3) is 1.00. The maximum atomic E-state index is 11.8. The summed E-state index contributed by atoms with van der Waals surface area (Å²) in [6, 6.07) is 0. The van der Waals surface area contributed by atoms with E-state index in [9.17, 15) is 21.6 Å². The van der Waals surface area contributed by atoms with Crippen LogP contribution in [0.4, 0.5) is 13.2 Å². The Morgan fingerprint density at radius 2 is 1.94 bits per heavy atom. The minimum absolute atomic E-state index is 0.231. The normalized spacial score (nSPS) is 19.9. The number of alkyl halides is 3. The largest absolute Gasteiger partial charge is 0.389 e. The van der Waals surface area contributed by atoms with E-state index in [-0.39, 0.29) is 6.54 Å². The van der Waals surface area contributed by atoms with Crippen LogP contribution in [0.5, 0.6) is 0 Å². The van der Waals surface area contributed by atoms with Gasteiger partial charge in [0.15, 0.2) is 0 Å². The summed E-state index contributed by atoms with van der Waals surface area (Å²) >= 11 is 0.